The van der Waals surface area contributed by atoms with Crippen LogP contribution >= 0.6 is 23.7 Å². The standard InChI is InChI=1S/C11H17N3OS.ClH/c1-7-8(2)16-11(13-7)14-10(15)9-5-3-4-6-12-9;/h9,12H,3-6H2,1-2H3,(H,13,14,15);1H/t9-;/m1./s1. The first kappa shape index (κ1) is 14.4. The van der Waals surface area contributed by atoms with Crippen molar-refractivity contribution in [1.29, 1.82) is 0 Å². The summed E-state index contributed by atoms with van der Waals surface area (Å²) in [5.74, 6) is 0.0495. The van der Waals surface area contributed by atoms with Gasteiger partial charge in [0, 0.05) is 4.88 Å². The number of aryl methyl sites for hydroxylation is 2. The van der Waals surface area contributed by atoms with Crippen molar-refractivity contribution in [3.05, 3.63) is 10.6 Å². The van der Waals surface area contributed by atoms with E-state index in [1.54, 1.807) is 0 Å². The first-order chi connectivity index (χ1) is 7.66. The largest absolute Gasteiger partial charge is 0.306 e. The lowest BCUT2D eigenvalue weighted by Crippen LogP contribution is -2.43. The second-order valence-corrected chi connectivity index (χ2v) is 5.36. The molecular weight excluding hydrogens is 258 g/mol. The summed E-state index contributed by atoms with van der Waals surface area (Å²) in [5, 5.41) is 6.82. The van der Waals surface area contributed by atoms with E-state index in [9.17, 15) is 4.79 Å². The zero-order chi connectivity index (χ0) is 11.5. The van der Waals surface area contributed by atoms with Crippen LogP contribution in [0.15, 0.2) is 0 Å². The lowest BCUT2D eigenvalue weighted by atomic mass is 10.0. The van der Waals surface area contributed by atoms with E-state index in [0.717, 1.165) is 30.0 Å². The first-order valence-corrected chi connectivity index (χ1v) is 6.47. The zero-order valence-electron chi connectivity index (χ0n) is 10.1. The van der Waals surface area contributed by atoms with Gasteiger partial charge in [-0.2, -0.15) is 0 Å². The lowest BCUT2D eigenvalue weighted by molar-refractivity contribution is -0.118. The smallest absolute Gasteiger partial charge is 0.243 e. The number of hydrogen-bond donors (Lipinski definition) is 2. The lowest BCUT2D eigenvalue weighted by Gasteiger charge is -2.21. The van der Waals surface area contributed by atoms with Crippen molar-refractivity contribution in [2.45, 2.75) is 39.2 Å². The first-order valence-electron chi connectivity index (χ1n) is 5.65. The van der Waals surface area contributed by atoms with E-state index < -0.39 is 0 Å². The normalized spacial score (nSPS) is 19.5. The van der Waals surface area contributed by atoms with Gasteiger partial charge in [-0.15, -0.1) is 23.7 Å². The molecule has 0 saturated carbocycles. The maximum atomic E-state index is 11.9. The number of rotatable bonds is 2. The number of nitrogens with zero attached hydrogens (tertiary/aromatic N) is 1. The second-order valence-electron chi connectivity index (χ2n) is 4.15. The molecule has 0 unspecified atom stereocenters. The highest BCUT2D eigenvalue weighted by Gasteiger charge is 2.21. The molecule has 0 spiro atoms. The van der Waals surface area contributed by atoms with Gasteiger partial charge in [0.1, 0.15) is 0 Å². The van der Waals surface area contributed by atoms with Crippen LogP contribution in [0.1, 0.15) is 29.8 Å². The molecule has 4 nitrogen and oxygen atoms in total. The van der Waals surface area contributed by atoms with Gasteiger partial charge < -0.3 is 10.6 Å². The minimum atomic E-state index is -0.0433. The van der Waals surface area contributed by atoms with Gasteiger partial charge in [0.25, 0.3) is 0 Å². The molecule has 0 bridgehead atoms. The molecule has 1 aromatic heterocycles. The highest BCUT2D eigenvalue weighted by Crippen LogP contribution is 2.21. The van der Waals surface area contributed by atoms with Crippen LogP contribution in [-0.2, 0) is 4.79 Å². The third-order valence-electron chi connectivity index (χ3n) is 2.89. The van der Waals surface area contributed by atoms with Crippen molar-refractivity contribution >= 4 is 34.8 Å². The van der Waals surface area contributed by atoms with E-state index in [2.05, 4.69) is 15.6 Å². The minimum absolute atomic E-state index is 0. The van der Waals surface area contributed by atoms with Gasteiger partial charge in [-0.3, -0.25) is 4.79 Å². The van der Waals surface area contributed by atoms with Crippen LogP contribution < -0.4 is 10.6 Å². The van der Waals surface area contributed by atoms with E-state index in [-0.39, 0.29) is 24.4 Å². The number of aromatic nitrogens is 1. The molecule has 0 radical (unpaired) electrons. The van der Waals surface area contributed by atoms with Gasteiger partial charge in [-0.05, 0) is 33.2 Å². The number of thiazole rings is 1. The zero-order valence-corrected chi connectivity index (χ0v) is 11.7. The number of nitrogens with one attached hydrogen (secondary N) is 2. The average molecular weight is 276 g/mol. The van der Waals surface area contributed by atoms with E-state index in [4.69, 9.17) is 0 Å². The molecule has 1 fully saturated rings. The summed E-state index contributed by atoms with van der Waals surface area (Å²) in [7, 11) is 0. The van der Waals surface area contributed by atoms with Gasteiger partial charge in [-0.25, -0.2) is 4.98 Å². The van der Waals surface area contributed by atoms with E-state index in [0.29, 0.717) is 5.13 Å². The number of carbonyl (C=O) groups is 1. The maximum absolute atomic E-state index is 11.9. The number of piperidine rings is 1. The molecule has 0 aliphatic carbocycles. The van der Waals surface area contributed by atoms with Crippen LogP contribution in [0.5, 0.6) is 0 Å². The molecule has 0 aromatic carbocycles. The summed E-state index contributed by atoms with van der Waals surface area (Å²) >= 11 is 1.54. The van der Waals surface area contributed by atoms with Crippen molar-refractivity contribution in [1.82, 2.24) is 10.3 Å². The van der Waals surface area contributed by atoms with Crippen LogP contribution in [0, 0.1) is 13.8 Å². The van der Waals surface area contributed by atoms with Crippen LogP contribution in [0.3, 0.4) is 0 Å². The molecule has 1 amide bonds. The molecule has 1 saturated heterocycles. The van der Waals surface area contributed by atoms with E-state index >= 15 is 0 Å². The Morgan fingerprint density at radius 3 is 2.76 bits per heavy atom. The highest BCUT2D eigenvalue weighted by molar-refractivity contribution is 7.15. The van der Waals surface area contributed by atoms with Crippen molar-refractivity contribution in [2.24, 2.45) is 0 Å². The van der Waals surface area contributed by atoms with Gasteiger partial charge >= 0.3 is 0 Å². The van der Waals surface area contributed by atoms with Gasteiger partial charge in [-0.1, -0.05) is 6.42 Å². The number of hydrogen-bond acceptors (Lipinski definition) is 4. The Bertz CT molecular complexity index is 369. The third-order valence-corrected chi connectivity index (χ3v) is 3.87. The van der Waals surface area contributed by atoms with Crippen LogP contribution in [-0.4, -0.2) is 23.5 Å². The fourth-order valence-corrected chi connectivity index (χ4v) is 2.61. The highest BCUT2D eigenvalue weighted by atomic mass is 35.5. The number of carbonyl (C=O) groups excluding carboxylic acids is 1. The predicted octanol–water partition coefficient (Wildman–Crippen LogP) is 2.26. The van der Waals surface area contributed by atoms with Gasteiger partial charge in [0.15, 0.2) is 5.13 Å². The molecular formula is C11H18ClN3OS. The monoisotopic (exact) mass is 275 g/mol. The van der Waals surface area contributed by atoms with Crippen LogP contribution in [0.4, 0.5) is 5.13 Å². The average Bonchev–Trinajstić information content (AvgIpc) is 2.59. The molecule has 17 heavy (non-hydrogen) atoms. The van der Waals surface area contributed by atoms with E-state index in [1.165, 1.54) is 17.8 Å². The van der Waals surface area contributed by atoms with Crippen molar-refractivity contribution in [2.75, 3.05) is 11.9 Å². The molecule has 2 rings (SSSR count). The quantitative estimate of drug-likeness (QED) is 0.871. The third kappa shape index (κ3) is 3.66. The fourth-order valence-electron chi connectivity index (χ4n) is 1.79. The number of anilines is 1. The van der Waals surface area contributed by atoms with Crippen molar-refractivity contribution in [3.8, 4) is 0 Å². The topological polar surface area (TPSA) is 54.0 Å². The number of amides is 1. The van der Waals surface area contributed by atoms with Crippen LogP contribution in [0.25, 0.3) is 0 Å². The van der Waals surface area contributed by atoms with Crippen molar-refractivity contribution in [3.63, 3.8) is 0 Å². The summed E-state index contributed by atoms with van der Waals surface area (Å²) in [4.78, 5) is 17.3. The molecule has 1 aliphatic heterocycles. The number of halogens is 1. The Labute approximate surface area is 112 Å². The molecule has 1 atom stereocenters. The Kier molecular flexibility index (Phi) is 5.36. The summed E-state index contributed by atoms with van der Waals surface area (Å²) in [5.41, 5.74) is 0.997. The van der Waals surface area contributed by atoms with E-state index in [1.807, 2.05) is 13.8 Å². The minimum Gasteiger partial charge on any atom is -0.306 e. The Balaban J connectivity index is 0.00000144. The molecule has 96 valence electrons. The molecule has 2 heterocycles. The fraction of sp³-hybridized carbons (Fsp3) is 0.636. The Morgan fingerprint density at radius 2 is 2.24 bits per heavy atom. The summed E-state index contributed by atoms with van der Waals surface area (Å²) in [6.07, 6.45) is 3.22. The molecule has 1 aromatic rings. The second kappa shape index (κ2) is 6.33. The molecule has 2 N–H and O–H groups in total. The summed E-state index contributed by atoms with van der Waals surface area (Å²) in [6, 6.07) is -0.0433. The predicted molar refractivity (Wildman–Crippen MR) is 73.1 cm³/mol. The Morgan fingerprint density at radius 1 is 1.47 bits per heavy atom. The van der Waals surface area contributed by atoms with Crippen molar-refractivity contribution < 1.29 is 4.79 Å². The molecule has 6 heteroatoms. The van der Waals surface area contributed by atoms with Crippen LogP contribution in [0.2, 0.25) is 0 Å². The summed E-state index contributed by atoms with van der Waals surface area (Å²) in [6.45, 7) is 4.91. The molecule has 1 aliphatic rings. The maximum Gasteiger partial charge on any atom is 0.243 e. The SMILES string of the molecule is Cc1nc(NC(=O)[C@H]2CCCCN2)sc1C.Cl. The summed E-state index contributed by atoms with van der Waals surface area (Å²) < 4.78 is 0. The van der Waals surface area contributed by atoms with Gasteiger partial charge in [0.2, 0.25) is 5.91 Å². The Hall–Kier alpha value is -0.650. The van der Waals surface area contributed by atoms with Gasteiger partial charge in [0.05, 0.1) is 11.7 Å².